The molecule has 4 heteroatoms. The predicted molar refractivity (Wildman–Crippen MR) is 109 cm³/mol. The second-order valence-corrected chi connectivity index (χ2v) is 7.66. The van der Waals surface area contributed by atoms with E-state index >= 15 is 0 Å². The molecule has 27 heavy (non-hydrogen) atoms. The molecule has 0 bridgehead atoms. The van der Waals surface area contributed by atoms with E-state index in [1.54, 1.807) is 0 Å². The minimum absolute atomic E-state index is 0.272. The van der Waals surface area contributed by atoms with Gasteiger partial charge >= 0.3 is 5.97 Å². The first kappa shape index (κ1) is 21.2. The van der Waals surface area contributed by atoms with Gasteiger partial charge in [0.05, 0.1) is 0 Å². The summed E-state index contributed by atoms with van der Waals surface area (Å²) in [5, 5.41) is 9.07. The Morgan fingerprint density at radius 3 is 2.33 bits per heavy atom. The highest BCUT2D eigenvalue weighted by molar-refractivity contribution is 5.87. The summed E-state index contributed by atoms with van der Waals surface area (Å²) in [5.74, 6) is -1.73. The molecule has 2 rings (SSSR count). The molecule has 1 heterocycles. The summed E-state index contributed by atoms with van der Waals surface area (Å²) in [7, 11) is 0. The van der Waals surface area contributed by atoms with Crippen molar-refractivity contribution in [3.8, 4) is 11.3 Å². The van der Waals surface area contributed by atoms with Gasteiger partial charge in [0.1, 0.15) is 0 Å². The largest absolute Gasteiger partial charge is 0.476 e. The zero-order valence-corrected chi connectivity index (χ0v) is 16.8. The first-order valence-electron chi connectivity index (χ1n) is 10.2. The number of nitrogens with one attached hydrogen (secondary N) is 1. The lowest BCUT2D eigenvalue weighted by molar-refractivity contribution is 0.0686. The summed E-state index contributed by atoms with van der Waals surface area (Å²) < 4.78 is 13.9. The van der Waals surface area contributed by atoms with Gasteiger partial charge in [-0.25, -0.2) is 9.18 Å². The summed E-state index contributed by atoms with van der Waals surface area (Å²) in [6, 6.07) is 7.54. The standard InChI is InChI=1S/C23H32FNO2/c1-4-5-6-7-8-9-10-11-17-12-13-18(19(14-17)16(2)3)21-15-20(24)22(25-21)23(26)27/h12-16,25H,4-11H2,1-3H3,(H,26,27). The Labute approximate surface area is 162 Å². The maximum absolute atomic E-state index is 13.9. The normalized spacial score (nSPS) is 11.3. The Morgan fingerprint density at radius 1 is 1.07 bits per heavy atom. The first-order chi connectivity index (χ1) is 12.9. The number of aryl methyl sites for hydroxylation is 1. The number of hydrogen-bond donors (Lipinski definition) is 2. The maximum Gasteiger partial charge on any atom is 0.355 e. The number of H-pyrrole nitrogens is 1. The van der Waals surface area contributed by atoms with E-state index in [2.05, 4.69) is 37.9 Å². The lowest BCUT2D eigenvalue weighted by atomic mass is 9.92. The number of rotatable bonds is 11. The molecule has 0 atom stereocenters. The molecular weight excluding hydrogens is 341 g/mol. The Bertz CT molecular complexity index is 749. The van der Waals surface area contributed by atoms with Crippen LogP contribution in [-0.2, 0) is 6.42 Å². The van der Waals surface area contributed by atoms with Crippen LogP contribution in [0.3, 0.4) is 0 Å². The van der Waals surface area contributed by atoms with Crippen LogP contribution < -0.4 is 0 Å². The zero-order chi connectivity index (χ0) is 19.8. The first-order valence-corrected chi connectivity index (χ1v) is 10.2. The van der Waals surface area contributed by atoms with Crippen LogP contribution >= 0.6 is 0 Å². The number of carboxylic acids is 1. The van der Waals surface area contributed by atoms with Gasteiger partial charge in [0.25, 0.3) is 0 Å². The Kier molecular flexibility index (Phi) is 8.08. The lowest BCUT2D eigenvalue weighted by Gasteiger charge is -2.14. The molecule has 0 saturated carbocycles. The fraction of sp³-hybridized carbons (Fsp3) is 0.522. The second-order valence-electron chi connectivity index (χ2n) is 7.66. The van der Waals surface area contributed by atoms with Gasteiger partial charge in [-0.05, 0) is 29.9 Å². The van der Waals surface area contributed by atoms with E-state index in [0.29, 0.717) is 5.69 Å². The van der Waals surface area contributed by atoms with E-state index in [0.717, 1.165) is 17.5 Å². The molecule has 0 saturated heterocycles. The quantitative estimate of drug-likeness (QED) is 0.419. The van der Waals surface area contributed by atoms with Crippen LogP contribution in [0, 0.1) is 5.82 Å². The average Bonchev–Trinajstić information content (AvgIpc) is 3.02. The van der Waals surface area contributed by atoms with Gasteiger partial charge in [0.2, 0.25) is 0 Å². The monoisotopic (exact) mass is 373 g/mol. The molecule has 2 N–H and O–H groups in total. The van der Waals surface area contributed by atoms with E-state index in [-0.39, 0.29) is 11.6 Å². The van der Waals surface area contributed by atoms with Crippen molar-refractivity contribution in [2.24, 2.45) is 0 Å². The Balaban J connectivity index is 2.06. The van der Waals surface area contributed by atoms with Gasteiger partial charge in [-0.1, -0.05) is 77.5 Å². The minimum atomic E-state index is -1.28. The summed E-state index contributed by atoms with van der Waals surface area (Å²) in [4.78, 5) is 13.8. The number of halogens is 1. The van der Waals surface area contributed by atoms with Crippen molar-refractivity contribution >= 4 is 5.97 Å². The predicted octanol–water partition coefficient (Wildman–Crippen LogP) is 6.94. The zero-order valence-electron chi connectivity index (χ0n) is 16.8. The van der Waals surface area contributed by atoms with E-state index < -0.39 is 11.8 Å². The molecule has 2 aromatic rings. The van der Waals surface area contributed by atoms with Crippen molar-refractivity contribution in [2.45, 2.75) is 78.1 Å². The lowest BCUT2D eigenvalue weighted by Crippen LogP contribution is -2.00. The van der Waals surface area contributed by atoms with E-state index in [1.807, 2.05) is 6.07 Å². The van der Waals surface area contributed by atoms with Gasteiger partial charge in [-0.3, -0.25) is 0 Å². The van der Waals surface area contributed by atoms with E-state index in [9.17, 15) is 9.18 Å². The molecule has 0 aliphatic heterocycles. The van der Waals surface area contributed by atoms with Crippen molar-refractivity contribution in [1.29, 1.82) is 0 Å². The van der Waals surface area contributed by atoms with Crippen LogP contribution in [0.25, 0.3) is 11.3 Å². The van der Waals surface area contributed by atoms with Crippen molar-refractivity contribution in [1.82, 2.24) is 4.98 Å². The van der Waals surface area contributed by atoms with Crippen molar-refractivity contribution in [2.75, 3.05) is 0 Å². The average molecular weight is 374 g/mol. The molecule has 1 aromatic heterocycles. The third-order valence-corrected chi connectivity index (χ3v) is 5.08. The van der Waals surface area contributed by atoms with Crippen LogP contribution in [0.4, 0.5) is 4.39 Å². The number of aromatic carboxylic acids is 1. The second kappa shape index (κ2) is 10.3. The van der Waals surface area contributed by atoms with Crippen LogP contribution in [0.2, 0.25) is 0 Å². The highest BCUT2D eigenvalue weighted by Gasteiger charge is 2.18. The molecule has 0 aliphatic rings. The molecular formula is C23H32FNO2. The molecule has 0 aliphatic carbocycles. The number of hydrogen-bond acceptors (Lipinski definition) is 1. The van der Waals surface area contributed by atoms with Gasteiger partial charge in [-0.2, -0.15) is 0 Å². The molecule has 1 aromatic carbocycles. The maximum atomic E-state index is 13.9. The molecule has 0 radical (unpaired) electrons. The fourth-order valence-electron chi connectivity index (χ4n) is 3.51. The third-order valence-electron chi connectivity index (χ3n) is 5.08. The van der Waals surface area contributed by atoms with Crippen molar-refractivity contribution in [3.63, 3.8) is 0 Å². The fourth-order valence-corrected chi connectivity index (χ4v) is 3.51. The van der Waals surface area contributed by atoms with E-state index in [1.165, 1.54) is 56.6 Å². The summed E-state index contributed by atoms with van der Waals surface area (Å²) in [6.07, 6.45) is 10.1. The van der Waals surface area contributed by atoms with Crippen LogP contribution in [0.5, 0.6) is 0 Å². The molecule has 0 amide bonds. The van der Waals surface area contributed by atoms with Crippen molar-refractivity contribution < 1.29 is 14.3 Å². The molecule has 0 fully saturated rings. The third kappa shape index (κ3) is 5.95. The molecule has 0 unspecified atom stereocenters. The minimum Gasteiger partial charge on any atom is -0.476 e. The number of aromatic amines is 1. The molecule has 0 spiro atoms. The van der Waals surface area contributed by atoms with Gasteiger partial charge in [0.15, 0.2) is 11.5 Å². The summed E-state index contributed by atoms with van der Waals surface area (Å²) in [5.41, 5.74) is 3.43. The number of aromatic nitrogens is 1. The van der Waals surface area contributed by atoms with Gasteiger partial charge in [0, 0.05) is 17.3 Å². The van der Waals surface area contributed by atoms with Crippen LogP contribution in [0.15, 0.2) is 24.3 Å². The number of benzene rings is 1. The van der Waals surface area contributed by atoms with Gasteiger partial charge in [-0.15, -0.1) is 0 Å². The molecule has 3 nitrogen and oxygen atoms in total. The van der Waals surface area contributed by atoms with Crippen LogP contribution in [0.1, 0.15) is 93.3 Å². The summed E-state index contributed by atoms with van der Waals surface area (Å²) >= 11 is 0. The number of unbranched alkanes of at least 4 members (excludes halogenated alkanes) is 6. The number of carbonyl (C=O) groups is 1. The van der Waals surface area contributed by atoms with Gasteiger partial charge < -0.3 is 10.1 Å². The summed E-state index contributed by atoms with van der Waals surface area (Å²) in [6.45, 7) is 6.45. The highest BCUT2D eigenvalue weighted by Crippen LogP contribution is 2.31. The molecule has 148 valence electrons. The number of carboxylic acid groups (broad SMARTS) is 1. The smallest absolute Gasteiger partial charge is 0.355 e. The van der Waals surface area contributed by atoms with Crippen molar-refractivity contribution in [3.05, 3.63) is 46.9 Å². The Morgan fingerprint density at radius 2 is 1.74 bits per heavy atom. The SMILES string of the molecule is CCCCCCCCCc1ccc(-c2cc(F)c(C(=O)O)[nH]2)c(C(C)C)c1. The van der Waals surface area contributed by atoms with E-state index in [4.69, 9.17) is 5.11 Å². The highest BCUT2D eigenvalue weighted by atomic mass is 19.1. The Hall–Kier alpha value is -2.10. The topological polar surface area (TPSA) is 53.1 Å². The van der Waals surface area contributed by atoms with Crippen LogP contribution in [-0.4, -0.2) is 16.1 Å².